The number of benzene rings is 2. The highest BCUT2D eigenvalue weighted by Gasteiger charge is 2.38. The van der Waals surface area contributed by atoms with E-state index in [0.29, 0.717) is 24.8 Å². The molecule has 182 valence electrons. The minimum absolute atomic E-state index is 0.0115. The molecule has 0 aliphatic carbocycles. The molecule has 0 saturated carbocycles. The minimum atomic E-state index is -4.76. The van der Waals surface area contributed by atoms with Crippen LogP contribution in [0.2, 0.25) is 0 Å². The molecule has 2 N–H and O–H groups in total. The number of halogens is 4. The van der Waals surface area contributed by atoms with Crippen molar-refractivity contribution in [3.63, 3.8) is 0 Å². The van der Waals surface area contributed by atoms with E-state index in [2.05, 4.69) is 10.4 Å². The van der Waals surface area contributed by atoms with Crippen molar-refractivity contribution in [3.8, 4) is 11.8 Å². The molecule has 0 radical (unpaired) electrons. The summed E-state index contributed by atoms with van der Waals surface area (Å²) in [5.74, 6) is -1.11. The van der Waals surface area contributed by atoms with E-state index in [9.17, 15) is 27.5 Å². The lowest BCUT2D eigenvalue weighted by molar-refractivity contribution is -0.138. The number of hydrogen-bond acceptors (Lipinski definition) is 5. The van der Waals surface area contributed by atoms with Gasteiger partial charge in [-0.25, -0.2) is 9.07 Å². The first-order chi connectivity index (χ1) is 16.5. The molecular weight excluding hydrogens is 466 g/mol. The summed E-state index contributed by atoms with van der Waals surface area (Å²) in [5.41, 5.74) is -1.99. The molecule has 7 nitrogen and oxygen atoms in total. The molecule has 3 aromatic rings. The van der Waals surface area contributed by atoms with Crippen LogP contribution in [0.4, 0.5) is 23.2 Å². The fourth-order valence-corrected chi connectivity index (χ4v) is 3.98. The summed E-state index contributed by atoms with van der Waals surface area (Å²) < 4.78 is 54.0. The smallest absolute Gasteiger partial charge is 0.379 e. The average Bonchev–Trinajstić information content (AvgIpc) is 3.21. The number of nitriles is 1. The summed E-state index contributed by atoms with van der Waals surface area (Å²) in [6.45, 7) is 2.44. The molecule has 2 heterocycles. The molecule has 0 bridgehead atoms. The first-order valence-electron chi connectivity index (χ1n) is 10.6. The average molecular weight is 487 g/mol. The number of aliphatic hydroxyl groups is 1. The largest absolute Gasteiger partial charge is 0.417 e. The second-order valence-corrected chi connectivity index (χ2v) is 8.68. The van der Waals surface area contributed by atoms with Crippen molar-refractivity contribution in [1.29, 1.82) is 5.26 Å². The summed E-state index contributed by atoms with van der Waals surface area (Å²) in [5, 5.41) is 25.8. The third kappa shape index (κ3) is 5.34. The van der Waals surface area contributed by atoms with Crippen molar-refractivity contribution < 1.29 is 27.5 Å². The van der Waals surface area contributed by atoms with Crippen LogP contribution >= 0.6 is 0 Å². The number of rotatable bonds is 6. The fraction of sp³-hybridized carbons (Fsp3) is 0.292. The SMILES string of the molecule is C[C@](O)(CN1CC(c2ccc(-n3cc(F)cn3)cc2)C1)C(=O)Nc1ccc(C#N)c(C(F)(F)F)c1. The third-order valence-corrected chi connectivity index (χ3v) is 5.86. The van der Waals surface area contributed by atoms with Crippen molar-refractivity contribution in [3.05, 3.63) is 77.4 Å². The van der Waals surface area contributed by atoms with Crippen LogP contribution in [0.25, 0.3) is 5.69 Å². The second-order valence-electron chi connectivity index (χ2n) is 8.68. The lowest BCUT2D eigenvalue weighted by atomic mass is 9.89. The zero-order chi connectivity index (χ0) is 25.4. The van der Waals surface area contributed by atoms with Gasteiger partial charge in [-0.05, 0) is 42.8 Å². The number of likely N-dealkylation sites (tertiary alicyclic amines) is 1. The molecule has 1 aromatic heterocycles. The predicted molar refractivity (Wildman–Crippen MR) is 118 cm³/mol. The first-order valence-corrected chi connectivity index (χ1v) is 10.6. The highest BCUT2D eigenvalue weighted by Crippen LogP contribution is 2.34. The number of nitrogens with zero attached hydrogens (tertiary/aromatic N) is 4. The Morgan fingerprint density at radius 2 is 1.91 bits per heavy atom. The van der Waals surface area contributed by atoms with Crippen molar-refractivity contribution >= 4 is 11.6 Å². The van der Waals surface area contributed by atoms with E-state index in [1.807, 2.05) is 29.2 Å². The maximum atomic E-state index is 13.2. The van der Waals surface area contributed by atoms with Gasteiger partial charge in [-0.15, -0.1) is 0 Å². The molecular formula is C24H21F4N5O2. The van der Waals surface area contributed by atoms with E-state index >= 15 is 0 Å². The molecule has 1 aliphatic rings. The highest BCUT2D eigenvalue weighted by atomic mass is 19.4. The molecule has 11 heteroatoms. The molecule has 1 saturated heterocycles. The van der Waals surface area contributed by atoms with Gasteiger partial charge in [-0.2, -0.15) is 23.5 Å². The number of hydrogen-bond donors (Lipinski definition) is 2. The van der Waals surface area contributed by atoms with E-state index in [0.717, 1.165) is 17.8 Å². The number of alkyl halides is 3. The van der Waals surface area contributed by atoms with Crippen LogP contribution in [0.15, 0.2) is 54.9 Å². The molecule has 35 heavy (non-hydrogen) atoms. The zero-order valence-corrected chi connectivity index (χ0v) is 18.6. The standard InChI is InChI=1S/C24H21F4N5O2/c1-23(35,22(34)31-19-5-2-16(9-29)21(8-19)24(26,27)28)14-32-11-17(12-32)15-3-6-20(7-4-15)33-13-18(25)10-30-33/h2-8,10,13,17,35H,11-12,14H2,1H3,(H,31,34)/t23-/m0/s1. The van der Waals surface area contributed by atoms with Gasteiger partial charge in [0.2, 0.25) is 0 Å². The number of nitrogens with one attached hydrogen (secondary N) is 1. The minimum Gasteiger partial charge on any atom is -0.379 e. The second kappa shape index (κ2) is 9.13. The third-order valence-electron chi connectivity index (χ3n) is 5.86. The molecule has 1 amide bonds. The Morgan fingerprint density at radius 1 is 1.23 bits per heavy atom. The monoisotopic (exact) mass is 487 g/mol. The predicted octanol–water partition coefficient (Wildman–Crippen LogP) is 3.69. The van der Waals surface area contributed by atoms with Gasteiger partial charge in [0.25, 0.3) is 5.91 Å². The van der Waals surface area contributed by atoms with E-state index in [1.54, 1.807) is 0 Å². The highest BCUT2D eigenvalue weighted by molar-refractivity contribution is 5.97. The quantitative estimate of drug-likeness (QED) is 0.518. The van der Waals surface area contributed by atoms with E-state index < -0.39 is 34.6 Å². The van der Waals surface area contributed by atoms with Crippen LogP contribution in [-0.2, 0) is 11.0 Å². The van der Waals surface area contributed by atoms with Gasteiger partial charge >= 0.3 is 6.18 Å². The van der Waals surface area contributed by atoms with Gasteiger partial charge in [0, 0.05) is 31.2 Å². The summed E-state index contributed by atoms with van der Waals surface area (Å²) in [6, 6.07) is 11.8. The summed E-state index contributed by atoms with van der Waals surface area (Å²) in [7, 11) is 0. The number of aromatic nitrogens is 2. The Hall–Kier alpha value is -3.75. The Bertz CT molecular complexity index is 1270. The van der Waals surface area contributed by atoms with Crippen LogP contribution < -0.4 is 5.32 Å². The summed E-state index contributed by atoms with van der Waals surface area (Å²) >= 11 is 0. The van der Waals surface area contributed by atoms with Gasteiger partial charge < -0.3 is 10.4 Å². The van der Waals surface area contributed by atoms with Crippen LogP contribution in [-0.4, -0.2) is 50.9 Å². The zero-order valence-electron chi connectivity index (χ0n) is 18.6. The van der Waals surface area contributed by atoms with Gasteiger partial charge in [-0.1, -0.05) is 12.1 Å². The molecule has 1 aliphatic heterocycles. The van der Waals surface area contributed by atoms with Crippen molar-refractivity contribution in [1.82, 2.24) is 14.7 Å². The Kier molecular flexibility index (Phi) is 6.36. The maximum absolute atomic E-state index is 13.2. The Labute approximate surface area is 198 Å². The number of β-amino-alcohol motifs (C(OH)–C–C–N with tert-alkyl or cyclic N) is 1. The van der Waals surface area contributed by atoms with E-state index in [4.69, 9.17) is 5.26 Å². The van der Waals surface area contributed by atoms with Crippen LogP contribution in [0, 0.1) is 17.1 Å². The number of carbonyl (C=O) groups is 1. The molecule has 2 aromatic carbocycles. The summed E-state index contributed by atoms with van der Waals surface area (Å²) in [6.07, 6.45) is -2.36. The van der Waals surface area contributed by atoms with Crippen LogP contribution in [0.1, 0.15) is 29.5 Å². The van der Waals surface area contributed by atoms with E-state index in [-0.39, 0.29) is 18.2 Å². The maximum Gasteiger partial charge on any atom is 0.417 e. The fourth-order valence-electron chi connectivity index (χ4n) is 3.98. The first kappa shape index (κ1) is 24.4. The van der Waals surface area contributed by atoms with Crippen molar-refractivity contribution in [2.45, 2.75) is 24.6 Å². The normalized spacial score (nSPS) is 16.3. The van der Waals surface area contributed by atoms with Gasteiger partial charge in [0.15, 0.2) is 11.4 Å². The molecule has 0 spiro atoms. The topological polar surface area (TPSA) is 94.2 Å². The van der Waals surface area contributed by atoms with Crippen LogP contribution in [0.5, 0.6) is 0 Å². The molecule has 1 fully saturated rings. The number of anilines is 1. The summed E-state index contributed by atoms with van der Waals surface area (Å²) in [4.78, 5) is 14.4. The molecule has 1 atom stereocenters. The Balaban J connectivity index is 1.34. The molecule has 0 unspecified atom stereocenters. The number of amides is 1. The van der Waals surface area contributed by atoms with E-state index in [1.165, 1.54) is 29.9 Å². The van der Waals surface area contributed by atoms with Gasteiger partial charge in [-0.3, -0.25) is 9.69 Å². The van der Waals surface area contributed by atoms with Crippen molar-refractivity contribution in [2.24, 2.45) is 0 Å². The van der Waals surface area contributed by atoms with Crippen LogP contribution in [0.3, 0.4) is 0 Å². The molecule has 4 rings (SSSR count). The van der Waals surface area contributed by atoms with Gasteiger partial charge in [0.05, 0.1) is 35.3 Å². The Morgan fingerprint density at radius 3 is 2.49 bits per heavy atom. The van der Waals surface area contributed by atoms with Gasteiger partial charge in [0.1, 0.15) is 0 Å². The lowest BCUT2D eigenvalue weighted by Crippen LogP contribution is -2.55. The lowest BCUT2D eigenvalue weighted by Gasteiger charge is -2.42. The van der Waals surface area contributed by atoms with Crippen molar-refractivity contribution in [2.75, 3.05) is 25.0 Å². The number of carbonyl (C=O) groups excluding carboxylic acids is 1.